The fraction of sp³-hybridized carbons (Fsp3) is 0.533. The summed E-state index contributed by atoms with van der Waals surface area (Å²) in [6, 6.07) is 5.95. The van der Waals surface area contributed by atoms with Gasteiger partial charge >= 0.3 is 0 Å². The lowest BCUT2D eigenvalue weighted by Crippen LogP contribution is -2.43. The molecule has 0 aromatic heterocycles. The normalized spacial score (nSPS) is 18.8. The molecule has 23 heavy (non-hydrogen) atoms. The molecule has 1 aromatic carbocycles. The highest BCUT2D eigenvalue weighted by atomic mass is 32.2. The summed E-state index contributed by atoms with van der Waals surface area (Å²) in [5, 5.41) is 5.97. The first-order chi connectivity index (χ1) is 10.9. The van der Waals surface area contributed by atoms with Crippen molar-refractivity contribution in [3.63, 3.8) is 0 Å². The highest BCUT2D eigenvalue weighted by Crippen LogP contribution is 2.15. The molecular weight excluding hydrogens is 318 g/mol. The molecule has 128 valence electrons. The molecule has 1 aliphatic rings. The number of amides is 1. The fourth-order valence-corrected chi connectivity index (χ4v) is 3.53. The second kappa shape index (κ2) is 7.87. The monoisotopic (exact) mass is 341 g/mol. The maximum Gasteiger partial charge on any atom is 0.240 e. The van der Waals surface area contributed by atoms with Crippen LogP contribution in [-0.2, 0) is 19.6 Å². The molecule has 2 rings (SSSR count). The fourth-order valence-electron chi connectivity index (χ4n) is 2.28. The van der Waals surface area contributed by atoms with Crippen LogP contribution in [-0.4, -0.2) is 46.2 Å². The molecule has 0 aliphatic carbocycles. The Morgan fingerprint density at radius 3 is 2.61 bits per heavy atom. The number of ether oxygens (including phenoxy) is 1. The van der Waals surface area contributed by atoms with E-state index in [1.165, 1.54) is 12.1 Å². The van der Waals surface area contributed by atoms with Crippen molar-refractivity contribution in [2.45, 2.75) is 37.2 Å². The van der Waals surface area contributed by atoms with E-state index >= 15 is 0 Å². The van der Waals surface area contributed by atoms with Gasteiger partial charge in [0, 0.05) is 30.7 Å². The Bertz CT molecular complexity index is 623. The van der Waals surface area contributed by atoms with Crippen LogP contribution < -0.4 is 15.4 Å². The van der Waals surface area contributed by atoms with Crippen LogP contribution in [0.3, 0.4) is 0 Å². The van der Waals surface area contributed by atoms with Crippen LogP contribution in [0.2, 0.25) is 0 Å². The van der Waals surface area contributed by atoms with E-state index in [4.69, 9.17) is 4.74 Å². The minimum atomic E-state index is -3.52. The van der Waals surface area contributed by atoms with Crippen LogP contribution in [0.1, 0.15) is 20.3 Å². The van der Waals surface area contributed by atoms with Gasteiger partial charge < -0.3 is 15.4 Å². The maximum atomic E-state index is 12.0. The molecule has 0 bridgehead atoms. The van der Waals surface area contributed by atoms with Gasteiger partial charge in [-0.25, -0.2) is 13.1 Å². The molecule has 0 saturated carbocycles. The molecule has 1 fully saturated rings. The van der Waals surface area contributed by atoms with Crippen LogP contribution in [0.15, 0.2) is 29.2 Å². The molecule has 3 N–H and O–H groups in total. The second-order valence-electron chi connectivity index (χ2n) is 5.78. The Balaban J connectivity index is 1.93. The van der Waals surface area contributed by atoms with Crippen molar-refractivity contribution in [3.8, 4) is 0 Å². The Morgan fingerprint density at radius 2 is 2.04 bits per heavy atom. The zero-order valence-corrected chi connectivity index (χ0v) is 14.2. The predicted molar refractivity (Wildman–Crippen MR) is 87.8 cm³/mol. The van der Waals surface area contributed by atoms with Gasteiger partial charge in [-0.1, -0.05) is 0 Å². The van der Waals surface area contributed by atoms with Crippen molar-refractivity contribution in [2.75, 3.05) is 25.1 Å². The Kier molecular flexibility index (Phi) is 6.11. The lowest BCUT2D eigenvalue weighted by Gasteiger charge is -2.23. The molecule has 1 aromatic rings. The van der Waals surface area contributed by atoms with E-state index in [1.54, 1.807) is 26.0 Å². The Labute approximate surface area is 136 Å². The molecule has 8 heteroatoms. The Morgan fingerprint density at radius 1 is 1.35 bits per heavy atom. The number of carbonyl (C=O) groups excluding carboxylic acids is 1. The quantitative estimate of drug-likeness (QED) is 0.707. The van der Waals surface area contributed by atoms with E-state index in [9.17, 15) is 13.2 Å². The van der Waals surface area contributed by atoms with Gasteiger partial charge in [-0.3, -0.25) is 4.79 Å². The Hall–Kier alpha value is -1.48. The van der Waals surface area contributed by atoms with Crippen molar-refractivity contribution in [2.24, 2.45) is 0 Å². The van der Waals surface area contributed by atoms with Gasteiger partial charge in [0.1, 0.15) is 0 Å². The van der Waals surface area contributed by atoms with Crippen molar-refractivity contribution in [1.82, 2.24) is 10.0 Å². The lowest BCUT2D eigenvalue weighted by molar-refractivity contribution is -0.117. The third-order valence-electron chi connectivity index (χ3n) is 3.27. The maximum absolute atomic E-state index is 12.0. The average Bonchev–Trinajstić information content (AvgIpc) is 2.47. The molecule has 0 spiro atoms. The third-order valence-corrected chi connectivity index (χ3v) is 4.94. The number of morpholine rings is 1. The van der Waals surface area contributed by atoms with Gasteiger partial charge in [0.25, 0.3) is 0 Å². The largest absolute Gasteiger partial charge is 0.378 e. The summed E-state index contributed by atoms with van der Waals surface area (Å²) in [7, 11) is -3.52. The van der Waals surface area contributed by atoms with Crippen LogP contribution >= 0.6 is 0 Å². The van der Waals surface area contributed by atoms with E-state index in [0.717, 1.165) is 6.54 Å². The van der Waals surface area contributed by atoms with E-state index < -0.39 is 10.0 Å². The number of hydrogen-bond donors (Lipinski definition) is 3. The van der Waals surface area contributed by atoms with Crippen LogP contribution in [0, 0.1) is 0 Å². The van der Waals surface area contributed by atoms with E-state index in [0.29, 0.717) is 25.3 Å². The first-order valence-electron chi connectivity index (χ1n) is 7.60. The zero-order valence-electron chi connectivity index (χ0n) is 13.3. The van der Waals surface area contributed by atoms with E-state index in [2.05, 4.69) is 15.4 Å². The highest BCUT2D eigenvalue weighted by molar-refractivity contribution is 7.89. The highest BCUT2D eigenvalue weighted by Gasteiger charge is 2.18. The molecule has 7 nitrogen and oxygen atoms in total. The number of benzene rings is 1. The third kappa shape index (κ3) is 5.58. The zero-order chi connectivity index (χ0) is 16.9. The minimum Gasteiger partial charge on any atom is -0.378 e. The van der Waals surface area contributed by atoms with Crippen LogP contribution in [0.5, 0.6) is 0 Å². The van der Waals surface area contributed by atoms with E-state index in [1.807, 2.05) is 0 Å². The van der Waals surface area contributed by atoms with Crippen LogP contribution in [0.4, 0.5) is 5.69 Å². The smallest absolute Gasteiger partial charge is 0.240 e. The van der Waals surface area contributed by atoms with Gasteiger partial charge in [0.15, 0.2) is 0 Å². The summed E-state index contributed by atoms with van der Waals surface area (Å²) < 4.78 is 31.9. The molecular formula is C15H23N3O4S. The number of sulfonamides is 1. The van der Waals surface area contributed by atoms with Gasteiger partial charge in [-0.2, -0.15) is 0 Å². The summed E-state index contributed by atoms with van der Waals surface area (Å²) >= 11 is 0. The summed E-state index contributed by atoms with van der Waals surface area (Å²) in [6.45, 7) is 5.45. The van der Waals surface area contributed by atoms with Gasteiger partial charge in [-0.15, -0.1) is 0 Å². The standard InChI is InChI=1S/C15H23N3O4S/c1-11(2)18-23(20,21)14-5-3-12(4-6-14)17-15(19)9-13-10-22-8-7-16-13/h3-6,11,13,16,18H,7-10H2,1-2H3,(H,17,19). The predicted octanol–water partition coefficient (Wildman–Crippen LogP) is 0.690. The number of rotatable bonds is 6. The van der Waals surface area contributed by atoms with Crippen LogP contribution in [0.25, 0.3) is 0 Å². The summed E-state index contributed by atoms with van der Waals surface area (Å²) in [6.07, 6.45) is 0.314. The molecule has 0 radical (unpaired) electrons. The van der Waals surface area contributed by atoms with Gasteiger partial charge in [0.2, 0.25) is 15.9 Å². The first-order valence-corrected chi connectivity index (χ1v) is 9.08. The second-order valence-corrected chi connectivity index (χ2v) is 7.49. The molecule has 1 aliphatic heterocycles. The average molecular weight is 341 g/mol. The van der Waals surface area contributed by atoms with Crippen molar-refractivity contribution in [1.29, 1.82) is 0 Å². The number of hydrogen-bond acceptors (Lipinski definition) is 5. The van der Waals surface area contributed by atoms with Crippen molar-refractivity contribution >= 4 is 21.6 Å². The summed E-state index contributed by atoms with van der Waals surface area (Å²) in [5.41, 5.74) is 0.565. The molecule has 1 unspecified atom stereocenters. The molecule has 1 amide bonds. The molecule has 1 heterocycles. The molecule has 1 saturated heterocycles. The SMILES string of the molecule is CC(C)NS(=O)(=O)c1ccc(NC(=O)CC2COCCN2)cc1. The van der Waals surface area contributed by atoms with Crippen molar-refractivity contribution in [3.05, 3.63) is 24.3 Å². The number of anilines is 1. The lowest BCUT2D eigenvalue weighted by atomic mass is 10.2. The van der Waals surface area contributed by atoms with Gasteiger partial charge in [-0.05, 0) is 38.1 Å². The van der Waals surface area contributed by atoms with E-state index in [-0.39, 0.29) is 22.9 Å². The minimum absolute atomic E-state index is 0.0126. The van der Waals surface area contributed by atoms with Crippen molar-refractivity contribution < 1.29 is 17.9 Å². The van der Waals surface area contributed by atoms with Gasteiger partial charge in [0.05, 0.1) is 18.1 Å². The number of nitrogens with one attached hydrogen (secondary N) is 3. The first kappa shape index (κ1) is 17.9. The number of carbonyl (C=O) groups is 1. The molecule has 1 atom stereocenters. The topological polar surface area (TPSA) is 96.5 Å². The summed E-state index contributed by atoms with van der Waals surface area (Å²) in [4.78, 5) is 12.1. The summed E-state index contributed by atoms with van der Waals surface area (Å²) in [5.74, 6) is -0.135.